The number of hydrogen-bond donors (Lipinski definition) is 1. The third-order valence-electron chi connectivity index (χ3n) is 5.40. The highest BCUT2D eigenvalue weighted by Gasteiger charge is 2.44. The van der Waals surface area contributed by atoms with Gasteiger partial charge in [0, 0.05) is 10.0 Å². The maximum atomic E-state index is 13.9. The molecule has 0 aliphatic carbocycles. The molecule has 3 aromatic carbocycles. The number of aliphatic carboxylic acids is 1. The Balaban J connectivity index is 1.97. The molecule has 0 saturated carbocycles. The van der Waals surface area contributed by atoms with Crippen LogP contribution in [0.25, 0.3) is 0 Å². The summed E-state index contributed by atoms with van der Waals surface area (Å²) in [5.74, 6) is -1.18. The van der Waals surface area contributed by atoms with Crippen LogP contribution in [0, 0.1) is 0 Å². The van der Waals surface area contributed by atoms with E-state index in [0.29, 0.717) is 21.2 Å². The van der Waals surface area contributed by atoms with E-state index in [4.69, 9.17) is 23.2 Å². The monoisotopic (exact) mass is 487 g/mol. The van der Waals surface area contributed by atoms with E-state index in [9.17, 15) is 18.3 Å². The first-order valence-corrected chi connectivity index (χ1v) is 12.0. The van der Waals surface area contributed by atoms with Crippen LogP contribution in [0.1, 0.15) is 29.6 Å². The van der Waals surface area contributed by atoms with Crippen LogP contribution < -0.4 is 0 Å². The predicted octanol–water partition coefficient (Wildman–Crippen LogP) is 5.88. The minimum atomic E-state index is -4.09. The molecular weight excluding hydrogens is 469 g/mol. The van der Waals surface area contributed by atoms with Crippen molar-refractivity contribution in [3.8, 4) is 0 Å². The summed E-state index contributed by atoms with van der Waals surface area (Å²) in [7, 11) is -4.09. The van der Waals surface area contributed by atoms with Gasteiger partial charge in [-0.3, -0.25) is 0 Å². The maximum Gasteiger partial charge on any atom is 0.333 e. The minimum Gasteiger partial charge on any atom is -0.478 e. The fourth-order valence-electron chi connectivity index (χ4n) is 3.97. The van der Waals surface area contributed by atoms with Crippen LogP contribution in [-0.2, 0) is 14.8 Å². The largest absolute Gasteiger partial charge is 0.478 e. The van der Waals surface area contributed by atoms with Gasteiger partial charge in [-0.05, 0) is 53.9 Å². The molecule has 0 aromatic heterocycles. The lowest BCUT2D eigenvalue weighted by atomic mass is 9.89. The van der Waals surface area contributed by atoms with E-state index in [1.807, 2.05) is 0 Å². The Kier molecular flexibility index (Phi) is 6.40. The van der Waals surface area contributed by atoms with E-state index in [2.05, 4.69) is 0 Å². The molecule has 0 amide bonds. The Morgan fingerprint density at radius 1 is 0.875 bits per heavy atom. The van der Waals surface area contributed by atoms with Gasteiger partial charge in [0.2, 0.25) is 10.0 Å². The van der Waals surface area contributed by atoms with Crippen molar-refractivity contribution in [2.45, 2.75) is 23.4 Å². The third kappa shape index (κ3) is 4.32. The molecule has 0 fully saturated rings. The van der Waals surface area contributed by atoms with Gasteiger partial charge in [-0.1, -0.05) is 71.7 Å². The number of carboxylic acids is 1. The first-order chi connectivity index (χ1) is 15.3. The smallest absolute Gasteiger partial charge is 0.333 e. The Morgan fingerprint density at radius 2 is 1.56 bits per heavy atom. The molecule has 1 heterocycles. The molecule has 32 heavy (non-hydrogen) atoms. The van der Waals surface area contributed by atoms with Crippen molar-refractivity contribution in [2.75, 3.05) is 0 Å². The molecule has 3 aromatic rings. The zero-order valence-electron chi connectivity index (χ0n) is 16.7. The van der Waals surface area contributed by atoms with E-state index in [-0.39, 0.29) is 16.9 Å². The second-order valence-electron chi connectivity index (χ2n) is 7.37. The minimum absolute atomic E-state index is 0.0167. The lowest BCUT2D eigenvalue weighted by Gasteiger charge is -2.40. The van der Waals surface area contributed by atoms with Crippen LogP contribution in [0.3, 0.4) is 0 Å². The summed E-state index contributed by atoms with van der Waals surface area (Å²) >= 11 is 12.2. The van der Waals surface area contributed by atoms with Gasteiger partial charge in [-0.2, -0.15) is 4.31 Å². The van der Waals surface area contributed by atoms with Crippen molar-refractivity contribution in [3.05, 3.63) is 112 Å². The van der Waals surface area contributed by atoms with Gasteiger partial charge in [0.1, 0.15) is 0 Å². The van der Waals surface area contributed by atoms with E-state index >= 15 is 0 Å². The lowest BCUT2D eigenvalue weighted by molar-refractivity contribution is -0.133. The molecule has 1 N–H and O–H groups in total. The summed E-state index contributed by atoms with van der Waals surface area (Å²) < 4.78 is 29.1. The number of halogens is 2. The Hall–Kier alpha value is -2.64. The first kappa shape index (κ1) is 22.6. The summed E-state index contributed by atoms with van der Waals surface area (Å²) in [6.45, 7) is 0. The van der Waals surface area contributed by atoms with Gasteiger partial charge in [-0.15, -0.1) is 0 Å². The summed E-state index contributed by atoms with van der Waals surface area (Å²) in [4.78, 5) is 12.3. The first-order valence-electron chi connectivity index (χ1n) is 9.82. The van der Waals surface area contributed by atoms with Crippen LogP contribution in [0.5, 0.6) is 0 Å². The maximum absolute atomic E-state index is 13.9. The molecule has 1 aliphatic rings. The highest BCUT2D eigenvalue weighted by atomic mass is 35.5. The summed E-state index contributed by atoms with van der Waals surface area (Å²) in [6.07, 6.45) is 1.79. The average molecular weight is 488 g/mol. The van der Waals surface area contributed by atoms with Gasteiger partial charge in [0.05, 0.1) is 22.6 Å². The molecule has 0 saturated heterocycles. The number of carboxylic acid groups (broad SMARTS) is 1. The van der Waals surface area contributed by atoms with E-state index in [0.717, 1.165) is 0 Å². The average Bonchev–Trinajstić information content (AvgIpc) is 2.79. The molecule has 2 atom stereocenters. The van der Waals surface area contributed by atoms with E-state index in [1.165, 1.54) is 16.4 Å². The van der Waals surface area contributed by atoms with Gasteiger partial charge in [0.25, 0.3) is 0 Å². The van der Waals surface area contributed by atoms with Crippen LogP contribution in [0.2, 0.25) is 10.0 Å². The predicted molar refractivity (Wildman–Crippen MR) is 124 cm³/mol. The molecule has 8 heteroatoms. The van der Waals surface area contributed by atoms with Crippen molar-refractivity contribution >= 4 is 39.2 Å². The Labute approximate surface area is 196 Å². The molecule has 0 radical (unpaired) electrons. The summed E-state index contributed by atoms with van der Waals surface area (Å²) in [5.41, 5.74) is 1.17. The van der Waals surface area contributed by atoms with E-state index in [1.54, 1.807) is 72.8 Å². The Morgan fingerprint density at radius 3 is 2.19 bits per heavy atom. The van der Waals surface area contributed by atoms with Crippen molar-refractivity contribution in [1.82, 2.24) is 4.31 Å². The fraction of sp³-hybridized carbons (Fsp3) is 0.125. The third-order valence-corrected chi connectivity index (χ3v) is 7.78. The quantitative estimate of drug-likeness (QED) is 0.487. The molecule has 0 bridgehead atoms. The zero-order chi connectivity index (χ0) is 22.9. The zero-order valence-corrected chi connectivity index (χ0v) is 19.1. The normalized spacial score (nSPS) is 19.4. The second kappa shape index (κ2) is 9.08. The number of nitrogens with zero attached hydrogens (tertiary/aromatic N) is 1. The molecule has 0 unspecified atom stereocenters. The number of hydrogen-bond acceptors (Lipinski definition) is 3. The molecule has 1 aliphatic heterocycles. The van der Waals surface area contributed by atoms with Crippen molar-refractivity contribution < 1.29 is 18.3 Å². The molecule has 164 valence electrons. The highest BCUT2D eigenvalue weighted by Crippen LogP contribution is 2.46. The highest BCUT2D eigenvalue weighted by molar-refractivity contribution is 7.89. The van der Waals surface area contributed by atoms with Gasteiger partial charge < -0.3 is 5.11 Å². The van der Waals surface area contributed by atoms with Crippen LogP contribution in [0.4, 0.5) is 0 Å². The van der Waals surface area contributed by atoms with Gasteiger partial charge in [-0.25, -0.2) is 13.2 Å². The molecular formula is C24H19Cl2NO4S. The topological polar surface area (TPSA) is 74.7 Å². The molecule has 5 nitrogen and oxygen atoms in total. The number of benzene rings is 3. The number of carbonyl (C=O) groups is 1. The molecule has 4 rings (SSSR count). The lowest BCUT2D eigenvalue weighted by Crippen LogP contribution is -2.42. The van der Waals surface area contributed by atoms with Crippen molar-refractivity contribution in [3.63, 3.8) is 0 Å². The van der Waals surface area contributed by atoms with Gasteiger partial charge >= 0.3 is 5.97 Å². The number of sulfonamides is 1. The van der Waals surface area contributed by atoms with Crippen molar-refractivity contribution in [2.24, 2.45) is 0 Å². The fourth-order valence-corrected chi connectivity index (χ4v) is 6.09. The molecule has 0 spiro atoms. The van der Waals surface area contributed by atoms with Crippen LogP contribution in [0.15, 0.2) is 95.4 Å². The number of rotatable bonds is 5. The summed E-state index contributed by atoms with van der Waals surface area (Å²) in [5, 5.41) is 10.9. The van der Waals surface area contributed by atoms with E-state index < -0.39 is 28.1 Å². The van der Waals surface area contributed by atoms with Crippen LogP contribution in [-0.4, -0.2) is 23.8 Å². The van der Waals surface area contributed by atoms with Crippen molar-refractivity contribution in [1.29, 1.82) is 0 Å². The standard InChI is InChI=1S/C24H19Cl2NO4S/c25-18-11-9-16(10-12-18)22-14-13-21(24(28)29)23(17-5-4-6-19(26)15-17)27(22)32(30,31)20-7-2-1-3-8-20/h1-13,15,22-23H,14H2,(H,28,29)/t22-,23-/m0/s1. The Bertz CT molecular complexity index is 1270. The van der Waals surface area contributed by atoms with Crippen LogP contribution >= 0.6 is 23.2 Å². The SMILES string of the molecule is O=C(O)C1=CC[C@@H](c2ccc(Cl)cc2)N(S(=O)(=O)c2ccccc2)[C@H]1c1cccc(Cl)c1. The van der Waals surface area contributed by atoms with Gasteiger partial charge in [0.15, 0.2) is 0 Å². The summed E-state index contributed by atoms with van der Waals surface area (Å²) in [6, 6.07) is 19.8. The second-order valence-corrected chi connectivity index (χ2v) is 10.1.